The number of hydrogen-bond acceptors (Lipinski definition) is 7. The molecule has 1 amide bonds. The number of hydrogen-bond donors (Lipinski definition) is 2. The van der Waals surface area contributed by atoms with E-state index in [-0.39, 0.29) is 17.1 Å². The second kappa shape index (κ2) is 11.0. The molecule has 0 aliphatic heterocycles. The normalized spacial score (nSPS) is 10.9. The van der Waals surface area contributed by atoms with E-state index in [1.807, 2.05) is 6.92 Å². The molecule has 0 atom stereocenters. The topological polar surface area (TPSA) is 106 Å². The number of aromatic hydroxyl groups is 1. The number of aromatic nitrogens is 3. The number of pyridine rings is 3. The van der Waals surface area contributed by atoms with Gasteiger partial charge in [-0.1, -0.05) is 13.0 Å². The van der Waals surface area contributed by atoms with Crippen LogP contribution in [0.2, 0.25) is 0 Å². The van der Waals surface area contributed by atoms with Crippen LogP contribution in [0.3, 0.4) is 0 Å². The van der Waals surface area contributed by atoms with Gasteiger partial charge in [0, 0.05) is 35.3 Å². The van der Waals surface area contributed by atoms with Crippen LogP contribution in [-0.2, 0) is 6.42 Å². The van der Waals surface area contributed by atoms with Gasteiger partial charge in [0.2, 0.25) is 5.88 Å². The average Bonchev–Trinajstić information content (AvgIpc) is 2.94. The van der Waals surface area contributed by atoms with Gasteiger partial charge in [0.15, 0.2) is 5.75 Å². The minimum atomic E-state index is -0.507. The number of nitrogens with zero attached hydrogens (tertiary/aromatic N) is 3. The predicted octanol–water partition coefficient (Wildman–Crippen LogP) is 6.77. The Morgan fingerprint density at radius 3 is 2.50 bits per heavy atom. The third kappa shape index (κ3) is 5.13. The Morgan fingerprint density at radius 1 is 1.02 bits per heavy atom. The van der Waals surface area contributed by atoms with Crippen molar-refractivity contribution in [2.75, 3.05) is 12.4 Å². The van der Waals surface area contributed by atoms with E-state index in [2.05, 4.69) is 20.3 Å². The van der Waals surface area contributed by atoms with Gasteiger partial charge >= 0.3 is 0 Å². The minimum Gasteiger partial charge on any atom is -0.506 e. The van der Waals surface area contributed by atoms with Crippen LogP contribution in [0.4, 0.5) is 10.1 Å². The Bertz CT molecular complexity index is 1740. The van der Waals surface area contributed by atoms with Crippen molar-refractivity contribution in [2.24, 2.45) is 0 Å². The van der Waals surface area contributed by atoms with Crippen molar-refractivity contribution in [3.63, 3.8) is 0 Å². The van der Waals surface area contributed by atoms with Gasteiger partial charge < -0.3 is 19.9 Å². The summed E-state index contributed by atoms with van der Waals surface area (Å²) in [7, 11) is 1.54. The van der Waals surface area contributed by atoms with Crippen LogP contribution in [-0.4, -0.2) is 33.1 Å². The summed E-state index contributed by atoms with van der Waals surface area (Å²) in [5.41, 5.74) is 4.45. The van der Waals surface area contributed by atoms with Crippen LogP contribution < -0.4 is 14.8 Å². The smallest absolute Gasteiger partial charge is 0.261 e. The molecular formula is C31H27FN4O4. The van der Waals surface area contributed by atoms with E-state index in [1.165, 1.54) is 12.1 Å². The zero-order chi connectivity index (χ0) is 28.4. The van der Waals surface area contributed by atoms with Gasteiger partial charge in [-0.15, -0.1) is 0 Å². The van der Waals surface area contributed by atoms with Gasteiger partial charge in [0.05, 0.1) is 18.3 Å². The van der Waals surface area contributed by atoms with E-state index in [0.29, 0.717) is 68.6 Å². The number of halogens is 1. The standard InChI is InChI=1S/C31H27FN4O4/c1-5-23-28(30(37)27(18(3)34-23)22-11-6-19(32)16-17(22)2)31(38)35-20-7-9-21(10-8-20)40-25-14-15-33-24-12-13-26(39-4)36-29(24)25/h6-16H,5H2,1-4H3,(H,34,37)(H,35,38). The van der Waals surface area contributed by atoms with Crippen LogP contribution in [0.5, 0.6) is 23.1 Å². The zero-order valence-corrected chi connectivity index (χ0v) is 22.4. The summed E-state index contributed by atoms with van der Waals surface area (Å²) < 4.78 is 25.0. The van der Waals surface area contributed by atoms with Gasteiger partial charge in [0.25, 0.3) is 5.91 Å². The molecule has 0 unspecified atom stereocenters. The minimum absolute atomic E-state index is 0.0791. The molecule has 3 aromatic heterocycles. The third-order valence-electron chi connectivity index (χ3n) is 6.52. The second-order valence-corrected chi connectivity index (χ2v) is 9.17. The first-order valence-electron chi connectivity index (χ1n) is 12.7. The van der Waals surface area contributed by atoms with E-state index < -0.39 is 5.91 Å². The molecule has 0 bridgehead atoms. The lowest BCUT2D eigenvalue weighted by atomic mass is 9.94. The molecule has 0 saturated heterocycles. The van der Waals surface area contributed by atoms with Crippen molar-refractivity contribution in [3.05, 3.63) is 95.2 Å². The molecule has 40 heavy (non-hydrogen) atoms. The summed E-state index contributed by atoms with van der Waals surface area (Å²) in [6.45, 7) is 5.37. The van der Waals surface area contributed by atoms with Crippen molar-refractivity contribution in [3.8, 4) is 34.3 Å². The van der Waals surface area contributed by atoms with Crippen molar-refractivity contribution in [2.45, 2.75) is 27.2 Å². The lowest BCUT2D eigenvalue weighted by molar-refractivity contribution is 0.102. The Kier molecular flexibility index (Phi) is 7.29. The number of ether oxygens (including phenoxy) is 2. The number of anilines is 1. The summed E-state index contributed by atoms with van der Waals surface area (Å²) >= 11 is 0. The highest BCUT2D eigenvalue weighted by Gasteiger charge is 2.24. The molecule has 2 aromatic carbocycles. The number of amides is 1. The number of nitrogens with one attached hydrogen (secondary N) is 1. The SMILES string of the molecule is CCc1nc(C)c(-c2ccc(F)cc2C)c(O)c1C(=O)Nc1ccc(Oc2ccnc3ccc(OC)nc23)cc1. The number of fused-ring (bicyclic) bond motifs is 1. The van der Waals surface area contributed by atoms with E-state index in [9.17, 15) is 14.3 Å². The van der Waals surface area contributed by atoms with Crippen LogP contribution in [0.15, 0.2) is 66.9 Å². The summed E-state index contributed by atoms with van der Waals surface area (Å²) in [5.74, 6) is 0.402. The first-order chi connectivity index (χ1) is 19.3. The van der Waals surface area contributed by atoms with Gasteiger partial charge in [-0.05, 0) is 73.9 Å². The molecule has 0 saturated carbocycles. The number of benzene rings is 2. The van der Waals surface area contributed by atoms with Crippen molar-refractivity contribution in [1.29, 1.82) is 0 Å². The fourth-order valence-electron chi connectivity index (χ4n) is 4.58. The Morgan fingerprint density at radius 2 is 1.80 bits per heavy atom. The summed E-state index contributed by atoms with van der Waals surface area (Å²) in [6, 6.07) is 16.3. The van der Waals surface area contributed by atoms with Gasteiger partial charge in [-0.2, -0.15) is 0 Å². The van der Waals surface area contributed by atoms with Crippen molar-refractivity contribution in [1.82, 2.24) is 15.0 Å². The highest BCUT2D eigenvalue weighted by Crippen LogP contribution is 2.38. The molecule has 0 fully saturated rings. The maximum Gasteiger partial charge on any atom is 0.261 e. The molecular weight excluding hydrogens is 511 g/mol. The molecule has 5 rings (SSSR count). The van der Waals surface area contributed by atoms with E-state index >= 15 is 0 Å². The summed E-state index contributed by atoms with van der Waals surface area (Å²) in [5, 5.41) is 14.1. The van der Waals surface area contributed by atoms with E-state index in [4.69, 9.17) is 9.47 Å². The monoisotopic (exact) mass is 538 g/mol. The van der Waals surface area contributed by atoms with E-state index in [0.717, 1.165) is 0 Å². The first-order valence-corrected chi connectivity index (χ1v) is 12.7. The van der Waals surface area contributed by atoms with Gasteiger partial charge in [-0.25, -0.2) is 9.37 Å². The number of carbonyl (C=O) groups is 1. The van der Waals surface area contributed by atoms with Crippen LogP contribution in [0.25, 0.3) is 22.2 Å². The molecule has 202 valence electrons. The van der Waals surface area contributed by atoms with Crippen LogP contribution in [0.1, 0.15) is 34.2 Å². The van der Waals surface area contributed by atoms with E-state index in [1.54, 1.807) is 75.7 Å². The quantitative estimate of drug-likeness (QED) is 0.236. The molecule has 0 radical (unpaired) electrons. The Labute approximate surface area is 230 Å². The van der Waals surface area contributed by atoms with Gasteiger partial charge in [-0.3, -0.25) is 14.8 Å². The molecule has 5 aromatic rings. The average molecular weight is 539 g/mol. The highest BCUT2D eigenvalue weighted by molar-refractivity contribution is 6.08. The van der Waals surface area contributed by atoms with Crippen molar-refractivity contribution >= 4 is 22.6 Å². The number of methoxy groups -OCH3 is 1. The van der Waals surface area contributed by atoms with Gasteiger partial charge in [0.1, 0.15) is 28.4 Å². The number of rotatable bonds is 7. The second-order valence-electron chi connectivity index (χ2n) is 9.17. The predicted molar refractivity (Wildman–Crippen MR) is 151 cm³/mol. The van der Waals surface area contributed by atoms with Crippen LogP contribution >= 0.6 is 0 Å². The zero-order valence-electron chi connectivity index (χ0n) is 22.4. The molecule has 8 nitrogen and oxygen atoms in total. The highest BCUT2D eigenvalue weighted by atomic mass is 19.1. The van der Waals surface area contributed by atoms with Crippen molar-refractivity contribution < 1.29 is 23.8 Å². The largest absolute Gasteiger partial charge is 0.506 e. The third-order valence-corrected chi connectivity index (χ3v) is 6.52. The molecule has 2 N–H and O–H groups in total. The fraction of sp³-hybridized carbons (Fsp3) is 0.161. The summed E-state index contributed by atoms with van der Waals surface area (Å²) in [6.07, 6.45) is 2.07. The number of aryl methyl sites for hydroxylation is 3. The molecule has 9 heteroatoms. The first kappa shape index (κ1) is 26.6. The maximum absolute atomic E-state index is 13.7. The number of carbonyl (C=O) groups excluding carboxylic acids is 1. The molecule has 3 heterocycles. The lowest BCUT2D eigenvalue weighted by Gasteiger charge is -2.17. The van der Waals surface area contributed by atoms with Crippen LogP contribution in [0, 0.1) is 19.7 Å². The molecule has 0 aliphatic rings. The Hall–Kier alpha value is -5.05. The molecule has 0 aliphatic carbocycles. The lowest BCUT2D eigenvalue weighted by Crippen LogP contribution is -2.16. The molecule has 0 spiro atoms. The maximum atomic E-state index is 13.7. The fourth-order valence-corrected chi connectivity index (χ4v) is 4.58. The Balaban J connectivity index is 1.41. The summed E-state index contributed by atoms with van der Waals surface area (Å²) in [4.78, 5) is 26.7.